The summed E-state index contributed by atoms with van der Waals surface area (Å²) in [5, 5.41) is 14.3. The highest BCUT2D eigenvalue weighted by Crippen LogP contribution is 2.18. The van der Waals surface area contributed by atoms with Crippen molar-refractivity contribution in [3.8, 4) is 0 Å². The summed E-state index contributed by atoms with van der Waals surface area (Å²) in [7, 11) is 2.14. The van der Waals surface area contributed by atoms with Crippen molar-refractivity contribution in [2.24, 2.45) is 0 Å². The number of aromatic nitrogens is 2. The molecule has 2 aromatic rings. The summed E-state index contributed by atoms with van der Waals surface area (Å²) in [6, 6.07) is 5.66. The second-order valence-corrected chi connectivity index (χ2v) is 9.35. The number of nitrogens with one attached hydrogen (secondary N) is 2. The molecule has 0 radical (unpaired) electrons. The zero-order valence-electron chi connectivity index (χ0n) is 17.5. The van der Waals surface area contributed by atoms with E-state index in [9.17, 15) is 14.0 Å². The summed E-state index contributed by atoms with van der Waals surface area (Å²) >= 11 is 2.59. The van der Waals surface area contributed by atoms with E-state index in [2.05, 4.69) is 37.7 Å². The summed E-state index contributed by atoms with van der Waals surface area (Å²) in [6.45, 7) is 6.06. The fraction of sp³-hybridized carbons (Fsp3) is 0.500. The number of thioether (sulfide) groups is 1. The summed E-state index contributed by atoms with van der Waals surface area (Å²) in [4.78, 5) is 28.9. The van der Waals surface area contributed by atoms with Crippen LogP contribution in [-0.2, 0) is 10.5 Å². The van der Waals surface area contributed by atoms with Crippen LogP contribution in [0.1, 0.15) is 21.2 Å². The molecule has 11 heteroatoms. The molecule has 1 saturated heterocycles. The van der Waals surface area contributed by atoms with Gasteiger partial charge in [0.15, 0.2) is 0 Å². The van der Waals surface area contributed by atoms with Gasteiger partial charge in [0.25, 0.3) is 5.91 Å². The summed E-state index contributed by atoms with van der Waals surface area (Å²) in [6.07, 6.45) is 0.945. The number of carbonyl (C=O) groups is 2. The highest BCUT2D eigenvalue weighted by molar-refractivity contribution is 7.99. The largest absolute Gasteiger partial charge is 0.355 e. The molecule has 2 heterocycles. The Bertz CT molecular complexity index is 873. The van der Waals surface area contributed by atoms with Gasteiger partial charge in [-0.2, -0.15) is 0 Å². The minimum Gasteiger partial charge on any atom is -0.355 e. The van der Waals surface area contributed by atoms with Gasteiger partial charge in [-0.05, 0) is 38.2 Å². The van der Waals surface area contributed by atoms with E-state index in [4.69, 9.17) is 0 Å². The molecule has 0 unspecified atom stereocenters. The van der Waals surface area contributed by atoms with Crippen LogP contribution in [-0.4, -0.2) is 83.9 Å². The normalized spacial score (nSPS) is 15.0. The van der Waals surface area contributed by atoms with Gasteiger partial charge in [-0.3, -0.25) is 9.59 Å². The topological polar surface area (TPSA) is 90.5 Å². The van der Waals surface area contributed by atoms with E-state index in [0.29, 0.717) is 28.7 Å². The molecule has 8 nitrogen and oxygen atoms in total. The average Bonchev–Trinajstić information content (AvgIpc) is 3.22. The molecular formula is C20H27FN6O2S2. The Labute approximate surface area is 189 Å². The van der Waals surface area contributed by atoms with Crippen molar-refractivity contribution < 1.29 is 14.0 Å². The smallest absolute Gasteiger partial charge is 0.286 e. The van der Waals surface area contributed by atoms with Crippen LogP contribution in [0.15, 0.2) is 24.3 Å². The third-order valence-electron chi connectivity index (χ3n) is 4.77. The van der Waals surface area contributed by atoms with Crippen molar-refractivity contribution in [2.45, 2.75) is 12.2 Å². The average molecular weight is 467 g/mol. The molecule has 0 saturated carbocycles. The lowest BCUT2D eigenvalue weighted by Gasteiger charge is -2.32. The third kappa shape index (κ3) is 8.17. The predicted octanol–water partition coefficient (Wildman–Crippen LogP) is 1.92. The number of nitrogens with zero attached hydrogens (tertiary/aromatic N) is 4. The number of benzene rings is 1. The molecule has 1 aliphatic heterocycles. The van der Waals surface area contributed by atoms with Crippen molar-refractivity contribution in [3.63, 3.8) is 0 Å². The van der Waals surface area contributed by atoms with E-state index in [1.165, 1.54) is 30.0 Å². The van der Waals surface area contributed by atoms with Gasteiger partial charge in [-0.25, -0.2) is 4.39 Å². The van der Waals surface area contributed by atoms with Crippen molar-refractivity contribution >= 4 is 40.6 Å². The highest BCUT2D eigenvalue weighted by Gasteiger charge is 2.15. The molecule has 0 atom stereocenters. The maximum absolute atomic E-state index is 13.2. The standard InChI is InChI=1S/C20H27FN6O2S2/c1-26-8-10-27(11-9-26)7-3-6-22-17(28)13-30-14-18-24-25-20(31-18)19(29)23-16-5-2-4-15(21)12-16/h2,4-5,12H,3,6-11,13-14H2,1H3,(H,22,28)(H,23,29). The number of hydrogen-bond acceptors (Lipinski definition) is 8. The lowest BCUT2D eigenvalue weighted by molar-refractivity contribution is -0.118. The summed E-state index contributed by atoms with van der Waals surface area (Å²) in [5.74, 6) is -0.0300. The molecule has 0 spiro atoms. The molecule has 2 amide bonds. The lowest BCUT2D eigenvalue weighted by atomic mass is 10.3. The Balaban J connectivity index is 1.29. The van der Waals surface area contributed by atoms with Crippen molar-refractivity contribution in [1.82, 2.24) is 25.3 Å². The molecule has 1 fully saturated rings. The molecule has 2 N–H and O–H groups in total. The van der Waals surface area contributed by atoms with E-state index in [1.807, 2.05) is 0 Å². The molecule has 31 heavy (non-hydrogen) atoms. The molecule has 3 rings (SSSR count). The minimum atomic E-state index is -0.433. The summed E-state index contributed by atoms with van der Waals surface area (Å²) in [5.41, 5.74) is 0.361. The van der Waals surface area contributed by atoms with Gasteiger partial charge in [-0.1, -0.05) is 17.4 Å². The Morgan fingerprint density at radius 2 is 2.03 bits per heavy atom. The maximum atomic E-state index is 13.2. The second kappa shape index (κ2) is 12.1. The Kier molecular flexibility index (Phi) is 9.19. The van der Waals surface area contributed by atoms with Gasteiger partial charge in [0.05, 0.1) is 5.75 Å². The first-order chi connectivity index (χ1) is 15.0. The minimum absolute atomic E-state index is 0.00281. The molecule has 0 bridgehead atoms. The first-order valence-corrected chi connectivity index (χ1v) is 12.1. The van der Waals surface area contributed by atoms with E-state index in [0.717, 1.165) is 50.5 Å². The van der Waals surface area contributed by atoms with Crippen LogP contribution in [0.5, 0.6) is 0 Å². The highest BCUT2D eigenvalue weighted by atomic mass is 32.2. The fourth-order valence-electron chi connectivity index (χ4n) is 3.04. The van der Waals surface area contributed by atoms with Crippen molar-refractivity contribution in [2.75, 3.05) is 57.4 Å². The number of piperazine rings is 1. The number of likely N-dealkylation sites (N-methyl/N-ethyl adjacent to an activating group) is 1. The number of halogens is 1. The van der Waals surface area contributed by atoms with E-state index < -0.39 is 11.7 Å². The molecule has 0 aliphatic carbocycles. The number of hydrogen-bond donors (Lipinski definition) is 2. The fourth-order valence-corrected chi connectivity index (χ4v) is 4.68. The van der Waals surface area contributed by atoms with Gasteiger partial charge in [-0.15, -0.1) is 22.0 Å². The van der Waals surface area contributed by atoms with E-state index in [-0.39, 0.29) is 10.9 Å². The van der Waals surface area contributed by atoms with Gasteiger partial charge >= 0.3 is 0 Å². The monoisotopic (exact) mass is 466 g/mol. The van der Waals surface area contributed by atoms with E-state index >= 15 is 0 Å². The molecule has 168 valence electrons. The molecule has 1 aromatic heterocycles. The number of carbonyl (C=O) groups excluding carboxylic acids is 2. The Morgan fingerprint density at radius 1 is 1.23 bits per heavy atom. The number of anilines is 1. The van der Waals surface area contributed by atoms with Gasteiger partial charge in [0.2, 0.25) is 10.9 Å². The SMILES string of the molecule is CN1CCN(CCCNC(=O)CSCc2nnc(C(=O)Nc3cccc(F)c3)s2)CC1. The molecule has 1 aliphatic rings. The van der Waals surface area contributed by atoms with E-state index in [1.54, 1.807) is 6.07 Å². The van der Waals surface area contributed by atoms with Crippen LogP contribution in [0.3, 0.4) is 0 Å². The van der Waals surface area contributed by atoms with Crippen LogP contribution in [0, 0.1) is 5.82 Å². The number of rotatable bonds is 10. The van der Waals surface area contributed by atoms with Crippen molar-refractivity contribution in [1.29, 1.82) is 0 Å². The zero-order chi connectivity index (χ0) is 22.1. The maximum Gasteiger partial charge on any atom is 0.286 e. The molecule has 1 aromatic carbocycles. The zero-order valence-corrected chi connectivity index (χ0v) is 19.1. The predicted molar refractivity (Wildman–Crippen MR) is 122 cm³/mol. The molecular weight excluding hydrogens is 439 g/mol. The first kappa shape index (κ1) is 23.6. The Morgan fingerprint density at radius 3 is 2.81 bits per heavy atom. The van der Waals surface area contributed by atoms with Crippen LogP contribution in [0.25, 0.3) is 0 Å². The third-order valence-corrected chi connectivity index (χ3v) is 6.82. The quantitative estimate of drug-likeness (QED) is 0.517. The lowest BCUT2D eigenvalue weighted by Crippen LogP contribution is -2.45. The number of amides is 2. The van der Waals surface area contributed by atoms with Crippen LogP contribution < -0.4 is 10.6 Å². The summed E-state index contributed by atoms with van der Waals surface area (Å²) < 4.78 is 13.2. The van der Waals surface area contributed by atoms with Gasteiger partial charge in [0, 0.05) is 44.2 Å². The van der Waals surface area contributed by atoms with Crippen LogP contribution in [0.2, 0.25) is 0 Å². The van der Waals surface area contributed by atoms with Crippen molar-refractivity contribution in [3.05, 3.63) is 40.1 Å². The second-order valence-electron chi connectivity index (χ2n) is 7.31. The van der Waals surface area contributed by atoms with Gasteiger partial charge < -0.3 is 20.4 Å². The van der Waals surface area contributed by atoms with Gasteiger partial charge in [0.1, 0.15) is 10.8 Å². The Hall–Kier alpha value is -2.08. The van der Waals surface area contributed by atoms with Crippen LogP contribution in [0.4, 0.5) is 10.1 Å². The van der Waals surface area contributed by atoms with Crippen LogP contribution >= 0.6 is 23.1 Å². The first-order valence-electron chi connectivity index (χ1n) is 10.1.